The molecule has 0 bridgehead atoms. The second-order valence-corrected chi connectivity index (χ2v) is 6.55. The van der Waals surface area contributed by atoms with Crippen LogP contribution in [0, 0.1) is 11.8 Å². The average Bonchev–Trinajstić information content (AvgIpc) is 3.00. The number of hydrogen-bond donors (Lipinski definition) is 2. The molecule has 1 fully saturated rings. The quantitative estimate of drug-likeness (QED) is 0.411. The van der Waals surface area contributed by atoms with Crippen LogP contribution in [0.1, 0.15) is 32.4 Å². The zero-order valence-corrected chi connectivity index (χ0v) is 16.9. The third-order valence-electron chi connectivity index (χ3n) is 4.02. The van der Waals surface area contributed by atoms with Crippen molar-refractivity contribution in [2.24, 2.45) is 16.8 Å². The van der Waals surface area contributed by atoms with Crippen LogP contribution in [-0.2, 0) is 6.54 Å². The van der Waals surface area contributed by atoms with Crippen molar-refractivity contribution in [3.05, 3.63) is 24.2 Å². The number of piperidine rings is 1. The molecule has 1 aliphatic rings. The molecule has 1 aromatic heterocycles. The monoisotopic (exact) mass is 434 g/mol. The first-order valence-corrected chi connectivity index (χ1v) is 8.36. The van der Waals surface area contributed by atoms with Crippen molar-refractivity contribution >= 4 is 29.9 Å². The summed E-state index contributed by atoms with van der Waals surface area (Å²) >= 11 is 0. The predicted octanol–water partition coefficient (Wildman–Crippen LogP) is 2.93. The Morgan fingerprint density at radius 1 is 1.43 bits per heavy atom. The maximum Gasteiger partial charge on any atom is 0.191 e. The van der Waals surface area contributed by atoms with Crippen LogP contribution < -0.4 is 10.6 Å². The van der Waals surface area contributed by atoms with Gasteiger partial charge in [-0.3, -0.25) is 4.99 Å². The fraction of sp³-hybridized carbons (Fsp3) is 0.706. The Kier molecular flexibility index (Phi) is 9.62. The number of furan rings is 1. The first-order chi connectivity index (χ1) is 10.7. The summed E-state index contributed by atoms with van der Waals surface area (Å²) in [6.07, 6.45) is 4.30. The third-order valence-corrected chi connectivity index (χ3v) is 4.02. The second-order valence-electron chi connectivity index (χ2n) is 6.55. The van der Waals surface area contributed by atoms with Gasteiger partial charge in [0.25, 0.3) is 0 Å². The zero-order valence-electron chi connectivity index (χ0n) is 14.5. The first kappa shape index (κ1) is 20.3. The van der Waals surface area contributed by atoms with E-state index in [9.17, 15) is 0 Å². The Balaban J connectivity index is 0.00000264. The highest BCUT2D eigenvalue weighted by Gasteiger charge is 2.20. The molecule has 0 aromatic carbocycles. The van der Waals surface area contributed by atoms with Gasteiger partial charge in [0.2, 0.25) is 0 Å². The van der Waals surface area contributed by atoms with Crippen molar-refractivity contribution in [3.8, 4) is 0 Å². The lowest BCUT2D eigenvalue weighted by Crippen LogP contribution is -2.44. The van der Waals surface area contributed by atoms with E-state index in [1.165, 1.54) is 32.5 Å². The van der Waals surface area contributed by atoms with Crippen molar-refractivity contribution in [1.29, 1.82) is 0 Å². The highest BCUT2D eigenvalue weighted by molar-refractivity contribution is 14.0. The SMILES string of the molecule is CN=C(NCc1ccco1)NCC1CCCN(CC(C)C)C1.I. The van der Waals surface area contributed by atoms with E-state index in [1.807, 2.05) is 19.2 Å². The lowest BCUT2D eigenvalue weighted by molar-refractivity contribution is 0.159. The van der Waals surface area contributed by atoms with Crippen molar-refractivity contribution < 1.29 is 4.42 Å². The Morgan fingerprint density at radius 2 is 2.26 bits per heavy atom. The zero-order chi connectivity index (χ0) is 15.8. The van der Waals surface area contributed by atoms with Crippen LogP contribution >= 0.6 is 24.0 Å². The van der Waals surface area contributed by atoms with E-state index in [1.54, 1.807) is 6.26 Å². The molecule has 2 rings (SSSR count). The van der Waals surface area contributed by atoms with Crippen LogP contribution in [0.4, 0.5) is 0 Å². The molecule has 1 aliphatic heterocycles. The Labute approximate surface area is 157 Å². The molecule has 6 heteroatoms. The number of halogens is 1. The summed E-state index contributed by atoms with van der Waals surface area (Å²) in [5.74, 6) is 3.21. The maximum absolute atomic E-state index is 5.32. The summed E-state index contributed by atoms with van der Waals surface area (Å²) in [5, 5.41) is 6.73. The number of nitrogens with one attached hydrogen (secondary N) is 2. The van der Waals surface area contributed by atoms with E-state index in [2.05, 4.69) is 34.4 Å². The van der Waals surface area contributed by atoms with Gasteiger partial charge in [-0.2, -0.15) is 0 Å². The molecule has 1 unspecified atom stereocenters. The molecule has 5 nitrogen and oxygen atoms in total. The lowest BCUT2D eigenvalue weighted by atomic mass is 9.97. The maximum atomic E-state index is 5.32. The number of guanidine groups is 1. The van der Waals surface area contributed by atoms with E-state index in [0.717, 1.165) is 24.2 Å². The molecule has 1 aromatic rings. The molecule has 0 aliphatic carbocycles. The third kappa shape index (κ3) is 7.56. The Hall–Kier alpha value is -0.760. The van der Waals surface area contributed by atoms with Gasteiger partial charge in [-0.05, 0) is 43.4 Å². The van der Waals surface area contributed by atoms with E-state index in [-0.39, 0.29) is 24.0 Å². The van der Waals surface area contributed by atoms with E-state index >= 15 is 0 Å². The Morgan fingerprint density at radius 3 is 2.91 bits per heavy atom. The number of hydrogen-bond acceptors (Lipinski definition) is 3. The van der Waals surface area contributed by atoms with E-state index < -0.39 is 0 Å². The topological polar surface area (TPSA) is 52.8 Å². The minimum absolute atomic E-state index is 0. The minimum atomic E-state index is 0. The van der Waals surface area contributed by atoms with Gasteiger partial charge >= 0.3 is 0 Å². The normalized spacial score (nSPS) is 19.5. The highest BCUT2D eigenvalue weighted by atomic mass is 127. The fourth-order valence-electron chi connectivity index (χ4n) is 3.05. The van der Waals surface area contributed by atoms with Crippen LogP contribution in [-0.4, -0.2) is 44.1 Å². The average molecular weight is 434 g/mol. The van der Waals surface area contributed by atoms with Crippen LogP contribution in [0.3, 0.4) is 0 Å². The number of nitrogens with zero attached hydrogens (tertiary/aromatic N) is 2. The molecule has 0 spiro atoms. The van der Waals surface area contributed by atoms with Crippen LogP contribution in [0.25, 0.3) is 0 Å². The summed E-state index contributed by atoms with van der Waals surface area (Å²) in [5.41, 5.74) is 0. The van der Waals surface area contributed by atoms with Gasteiger partial charge in [0.1, 0.15) is 5.76 Å². The molecule has 1 saturated heterocycles. The van der Waals surface area contributed by atoms with Gasteiger partial charge in [-0.25, -0.2) is 0 Å². The summed E-state index contributed by atoms with van der Waals surface area (Å²) in [6, 6.07) is 3.86. The lowest BCUT2D eigenvalue weighted by Gasteiger charge is -2.34. The Bertz CT molecular complexity index is 447. The molecule has 0 saturated carbocycles. The molecule has 2 heterocycles. The van der Waals surface area contributed by atoms with Crippen LogP contribution in [0.15, 0.2) is 27.8 Å². The largest absolute Gasteiger partial charge is 0.467 e. The highest BCUT2D eigenvalue weighted by Crippen LogP contribution is 2.16. The summed E-state index contributed by atoms with van der Waals surface area (Å²) in [4.78, 5) is 6.88. The van der Waals surface area contributed by atoms with Gasteiger partial charge in [-0.1, -0.05) is 13.8 Å². The van der Waals surface area contributed by atoms with Crippen LogP contribution in [0.2, 0.25) is 0 Å². The number of rotatable bonds is 6. The van der Waals surface area contributed by atoms with E-state index in [4.69, 9.17) is 4.42 Å². The van der Waals surface area contributed by atoms with Gasteiger partial charge < -0.3 is 20.0 Å². The first-order valence-electron chi connectivity index (χ1n) is 8.36. The predicted molar refractivity (Wildman–Crippen MR) is 106 cm³/mol. The van der Waals surface area contributed by atoms with Gasteiger partial charge in [0.05, 0.1) is 12.8 Å². The fourth-order valence-corrected chi connectivity index (χ4v) is 3.05. The molecule has 0 radical (unpaired) electrons. The molecule has 23 heavy (non-hydrogen) atoms. The molecule has 2 N–H and O–H groups in total. The van der Waals surface area contributed by atoms with Crippen LogP contribution in [0.5, 0.6) is 0 Å². The van der Waals surface area contributed by atoms with Crippen molar-refractivity contribution in [2.45, 2.75) is 33.2 Å². The van der Waals surface area contributed by atoms with E-state index in [0.29, 0.717) is 12.5 Å². The summed E-state index contributed by atoms with van der Waals surface area (Å²) < 4.78 is 5.32. The number of aliphatic imine (C=N–C) groups is 1. The second kappa shape index (κ2) is 10.9. The van der Waals surface area contributed by atoms with Crippen molar-refractivity contribution in [3.63, 3.8) is 0 Å². The van der Waals surface area contributed by atoms with Gasteiger partial charge in [-0.15, -0.1) is 24.0 Å². The molecular weight excluding hydrogens is 403 g/mol. The molecule has 0 amide bonds. The molecule has 1 atom stereocenters. The molecule has 132 valence electrons. The summed E-state index contributed by atoms with van der Waals surface area (Å²) in [6.45, 7) is 9.89. The van der Waals surface area contributed by atoms with Crippen molar-refractivity contribution in [2.75, 3.05) is 33.2 Å². The molecular formula is C17H31IN4O. The smallest absolute Gasteiger partial charge is 0.191 e. The van der Waals surface area contributed by atoms with Gasteiger partial charge in [0, 0.05) is 26.7 Å². The number of likely N-dealkylation sites (tertiary alicyclic amines) is 1. The van der Waals surface area contributed by atoms with Crippen molar-refractivity contribution in [1.82, 2.24) is 15.5 Å². The standard InChI is InChI=1S/C17H30N4O.HI/c1-14(2)12-21-8-4-6-15(13-21)10-19-17(18-3)20-11-16-7-5-9-22-16;/h5,7,9,14-15H,4,6,8,10-13H2,1-3H3,(H2,18,19,20);1H. The minimum Gasteiger partial charge on any atom is -0.467 e. The van der Waals surface area contributed by atoms with Gasteiger partial charge in [0.15, 0.2) is 5.96 Å². The summed E-state index contributed by atoms with van der Waals surface area (Å²) in [7, 11) is 1.81.